The first-order chi connectivity index (χ1) is 8.38. The Morgan fingerprint density at radius 2 is 1.83 bits per heavy atom. The number of methoxy groups -OCH3 is 1. The number of ether oxygens (including phenoxy) is 1. The summed E-state index contributed by atoms with van der Waals surface area (Å²) in [6.07, 6.45) is 0.601. The molecule has 0 aliphatic carbocycles. The van der Waals surface area contributed by atoms with Crippen LogP contribution < -0.4 is 16.4 Å². The fraction of sp³-hybridized carbons (Fsp3) is 0.833. The number of hydrogen-bond acceptors (Lipinski definition) is 4. The molecule has 1 unspecified atom stereocenters. The van der Waals surface area contributed by atoms with Crippen LogP contribution in [0.3, 0.4) is 0 Å². The first kappa shape index (κ1) is 16.9. The largest absolute Gasteiger partial charge is 0.383 e. The normalized spacial score (nSPS) is 14.1. The van der Waals surface area contributed by atoms with E-state index < -0.39 is 12.1 Å². The average molecular weight is 259 g/mol. The molecule has 2 amide bonds. The van der Waals surface area contributed by atoms with E-state index in [-0.39, 0.29) is 11.8 Å². The second-order valence-electron chi connectivity index (χ2n) is 4.75. The molecule has 0 bridgehead atoms. The maximum atomic E-state index is 11.7. The third-order valence-electron chi connectivity index (χ3n) is 2.42. The van der Waals surface area contributed by atoms with Crippen LogP contribution in [0.1, 0.15) is 27.2 Å². The lowest BCUT2D eigenvalue weighted by Crippen LogP contribution is -2.50. The maximum absolute atomic E-state index is 11.7. The van der Waals surface area contributed by atoms with Gasteiger partial charge in [0.2, 0.25) is 11.8 Å². The second-order valence-corrected chi connectivity index (χ2v) is 4.75. The summed E-state index contributed by atoms with van der Waals surface area (Å²) in [4.78, 5) is 23.3. The maximum Gasteiger partial charge on any atom is 0.242 e. The van der Waals surface area contributed by atoms with Crippen molar-refractivity contribution in [3.63, 3.8) is 0 Å². The summed E-state index contributed by atoms with van der Waals surface area (Å²) < 4.78 is 4.81. The highest BCUT2D eigenvalue weighted by molar-refractivity contribution is 5.89. The fourth-order valence-electron chi connectivity index (χ4n) is 1.43. The summed E-state index contributed by atoms with van der Waals surface area (Å²) in [5.41, 5.74) is 5.72. The summed E-state index contributed by atoms with van der Waals surface area (Å²) in [6.45, 7) is 6.48. The van der Waals surface area contributed by atoms with Crippen LogP contribution in [0.4, 0.5) is 0 Å². The third-order valence-corrected chi connectivity index (χ3v) is 2.42. The predicted octanol–water partition coefficient (Wildman–Crippen LogP) is -0.373. The van der Waals surface area contributed by atoms with Gasteiger partial charge in [0, 0.05) is 13.7 Å². The van der Waals surface area contributed by atoms with Crippen molar-refractivity contribution >= 4 is 11.8 Å². The molecule has 0 rings (SSSR count). The topological polar surface area (TPSA) is 93.5 Å². The van der Waals surface area contributed by atoms with Crippen molar-refractivity contribution in [2.45, 2.75) is 39.3 Å². The first-order valence-corrected chi connectivity index (χ1v) is 6.21. The number of rotatable bonds is 8. The molecular weight excluding hydrogens is 234 g/mol. The van der Waals surface area contributed by atoms with E-state index in [1.54, 1.807) is 14.0 Å². The van der Waals surface area contributed by atoms with E-state index in [1.165, 1.54) is 0 Å². The van der Waals surface area contributed by atoms with Gasteiger partial charge in [0.05, 0.1) is 12.6 Å². The minimum Gasteiger partial charge on any atom is -0.383 e. The van der Waals surface area contributed by atoms with Gasteiger partial charge >= 0.3 is 0 Å². The average Bonchev–Trinajstić information content (AvgIpc) is 2.28. The van der Waals surface area contributed by atoms with Crippen LogP contribution in [0.2, 0.25) is 0 Å². The van der Waals surface area contributed by atoms with Crippen LogP contribution in [0.5, 0.6) is 0 Å². The van der Waals surface area contributed by atoms with Gasteiger partial charge in [-0.05, 0) is 19.3 Å². The van der Waals surface area contributed by atoms with Crippen molar-refractivity contribution in [3.8, 4) is 0 Å². The zero-order valence-corrected chi connectivity index (χ0v) is 11.7. The molecule has 0 aliphatic heterocycles. The van der Waals surface area contributed by atoms with Gasteiger partial charge in [-0.3, -0.25) is 9.59 Å². The number of carbonyl (C=O) groups is 2. The molecule has 0 aliphatic rings. The Kier molecular flexibility index (Phi) is 8.32. The Bertz CT molecular complexity index is 269. The molecule has 106 valence electrons. The van der Waals surface area contributed by atoms with Gasteiger partial charge < -0.3 is 21.1 Å². The smallest absolute Gasteiger partial charge is 0.242 e. The van der Waals surface area contributed by atoms with Crippen LogP contribution in [0.15, 0.2) is 0 Å². The lowest BCUT2D eigenvalue weighted by atomic mass is 10.0. The zero-order valence-electron chi connectivity index (χ0n) is 11.7. The van der Waals surface area contributed by atoms with E-state index >= 15 is 0 Å². The van der Waals surface area contributed by atoms with Gasteiger partial charge in [-0.1, -0.05) is 13.8 Å². The summed E-state index contributed by atoms with van der Waals surface area (Å²) >= 11 is 0. The van der Waals surface area contributed by atoms with Crippen molar-refractivity contribution in [3.05, 3.63) is 0 Å². The van der Waals surface area contributed by atoms with Gasteiger partial charge in [-0.15, -0.1) is 0 Å². The SMILES string of the molecule is COCCNC(=O)C(C)NC(=O)[C@H](N)CC(C)C. The molecule has 6 nitrogen and oxygen atoms in total. The van der Waals surface area contributed by atoms with Crippen LogP contribution in [-0.4, -0.2) is 44.2 Å². The summed E-state index contributed by atoms with van der Waals surface area (Å²) in [6, 6.07) is -1.16. The van der Waals surface area contributed by atoms with E-state index in [0.29, 0.717) is 25.5 Å². The molecule has 18 heavy (non-hydrogen) atoms. The molecule has 0 heterocycles. The Hall–Kier alpha value is -1.14. The lowest BCUT2D eigenvalue weighted by molar-refractivity contribution is -0.129. The molecule has 0 aromatic rings. The highest BCUT2D eigenvalue weighted by Crippen LogP contribution is 2.02. The fourth-order valence-corrected chi connectivity index (χ4v) is 1.43. The molecule has 0 aromatic heterocycles. The third kappa shape index (κ3) is 7.24. The minimum atomic E-state index is -0.590. The molecule has 0 radical (unpaired) electrons. The molecule has 2 atom stereocenters. The van der Waals surface area contributed by atoms with E-state index in [2.05, 4.69) is 10.6 Å². The van der Waals surface area contributed by atoms with Gasteiger partial charge in [-0.25, -0.2) is 0 Å². The molecule has 6 heteroatoms. The second kappa shape index (κ2) is 8.88. The van der Waals surface area contributed by atoms with Gasteiger partial charge in [0.15, 0.2) is 0 Å². The molecule has 0 saturated carbocycles. The lowest BCUT2D eigenvalue weighted by Gasteiger charge is -2.18. The molecule has 4 N–H and O–H groups in total. The number of hydrogen-bond donors (Lipinski definition) is 3. The van der Waals surface area contributed by atoms with Gasteiger partial charge in [0.25, 0.3) is 0 Å². The van der Waals surface area contributed by atoms with Crippen molar-refractivity contribution in [2.75, 3.05) is 20.3 Å². The van der Waals surface area contributed by atoms with Crippen molar-refractivity contribution in [1.29, 1.82) is 0 Å². The number of nitrogens with two attached hydrogens (primary N) is 1. The van der Waals surface area contributed by atoms with Crippen molar-refractivity contribution < 1.29 is 14.3 Å². The highest BCUT2D eigenvalue weighted by atomic mass is 16.5. The quantitative estimate of drug-likeness (QED) is 0.518. The van der Waals surface area contributed by atoms with E-state index in [1.807, 2.05) is 13.8 Å². The van der Waals surface area contributed by atoms with Crippen LogP contribution in [0.25, 0.3) is 0 Å². The molecule has 0 fully saturated rings. The zero-order chi connectivity index (χ0) is 14.1. The number of nitrogens with one attached hydrogen (secondary N) is 2. The minimum absolute atomic E-state index is 0.239. The number of carbonyl (C=O) groups excluding carboxylic acids is 2. The van der Waals surface area contributed by atoms with Gasteiger partial charge in [0.1, 0.15) is 6.04 Å². The Morgan fingerprint density at radius 3 is 2.33 bits per heavy atom. The number of amides is 2. The summed E-state index contributed by atoms with van der Waals surface area (Å²) in [5.74, 6) is -0.188. The first-order valence-electron chi connectivity index (χ1n) is 6.21. The summed E-state index contributed by atoms with van der Waals surface area (Å²) in [7, 11) is 1.56. The summed E-state index contributed by atoms with van der Waals surface area (Å²) in [5, 5.41) is 5.24. The van der Waals surface area contributed by atoms with Crippen LogP contribution in [0, 0.1) is 5.92 Å². The van der Waals surface area contributed by atoms with E-state index in [0.717, 1.165) is 0 Å². The molecular formula is C12H25N3O3. The predicted molar refractivity (Wildman–Crippen MR) is 69.9 cm³/mol. The standard InChI is InChI=1S/C12H25N3O3/c1-8(2)7-10(13)12(17)15-9(3)11(16)14-5-6-18-4/h8-10H,5-7,13H2,1-4H3,(H,14,16)(H,15,17)/t9?,10-/m1/s1. The Balaban J connectivity index is 4.02. The molecule has 0 saturated heterocycles. The van der Waals surface area contributed by atoms with Gasteiger partial charge in [-0.2, -0.15) is 0 Å². The highest BCUT2D eigenvalue weighted by Gasteiger charge is 2.20. The Morgan fingerprint density at radius 1 is 1.22 bits per heavy atom. The van der Waals surface area contributed by atoms with Crippen molar-refractivity contribution in [1.82, 2.24) is 10.6 Å². The Labute approximate surface area is 109 Å². The molecule has 0 aromatic carbocycles. The monoisotopic (exact) mass is 259 g/mol. The van der Waals surface area contributed by atoms with E-state index in [4.69, 9.17) is 10.5 Å². The van der Waals surface area contributed by atoms with E-state index in [9.17, 15) is 9.59 Å². The molecule has 0 spiro atoms. The van der Waals surface area contributed by atoms with Crippen molar-refractivity contribution in [2.24, 2.45) is 11.7 Å². The van der Waals surface area contributed by atoms with Crippen LogP contribution >= 0.6 is 0 Å². The van der Waals surface area contributed by atoms with Crippen LogP contribution in [-0.2, 0) is 14.3 Å².